The van der Waals surface area contributed by atoms with E-state index < -0.39 is 62.2 Å². The van der Waals surface area contributed by atoms with Gasteiger partial charge in [-0.1, -0.05) is 180 Å². The maximum atomic E-state index is 13.2. The Hall–Kier alpha value is -2.62. The standard InChI is InChI=1S/C51H89N3O10/c1-3-5-7-8-9-10-11-12-13-14-15-16-17-18-19-20-21-22-23-24-25-26-27-29-45(56)53-43(39-63-51-50(61)49(60)48(59)44(38-55)64-51)47(58)46(57)41-35-52-54(37-41)36-40-30-32-42(33-31-40)62-34-28-6-4-2/h30-33,35,37,43-44,46-51,55,57-61H,3-29,34,36,38-39H2,1-2H3,(H,53,56)/t43-,44+,46+,47-,48-,49-,50+,51-/m0/s1. The summed E-state index contributed by atoms with van der Waals surface area (Å²) in [5.74, 6) is 0.468. The number of aliphatic hydroxyl groups is 6. The van der Waals surface area contributed by atoms with Crippen molar-refractivity contribution in [3.63, 3.8) is 0 Å². The van der Waals surface area contributed by atoms with Crippen LogP contribution in [0.2, 0.25) is 0 Å². The average molecular weight is 904 g/mol. The maximum absolute atomic E-state index is 13.2. The number of carbonyl (C=O) groups excluding carboxylic acids is 1. The maximum Gasteiger partial charge on any atom is 0.220 e. The van der Waals surface area contributed by atoms with E-state index in [1.807, 2.05) is 24.3 Å². The molecule has 1 aliphatic rings. The molecule has 1 aromatic carbocycles. The van der Waals surface area contributed by atoms with Crippen molar-refractivity contribution >= 4 is 5.91 Å². The second-order valence-electron chi connectivity index (χ2n) is 18.3. The lowest BCUT2D eigenvalue weighted by atomic mass is 9.99. The van der Waals surface area contributed by atoms with Crippen LogP contribution in [0.25, 0.3) is 0 Å². The van der Waals surface area contributed by atoms with Gasteiger partial charge in [0.15, 0.2) is 6.29 Å². The molecule has 1 aromatic heterocycles. The fourth-order valence-electron chi connectivity index (χ4n) is 8.44. The van der Waals surface area contributed by atoms with Gasteiger partial charge >= 0.3 is 0 Å². The van der Waals surface area contributed by atoms with Crippen LogP contribution in [0.15, 0.2) is 36.7 Å². The van der Waals surface area contributed by atoms with E-state index in [0.29, 0.717) is 25.1 Å². The van der Waals surface area contributed by atoms with Gasteiger partial charge in [-0.15, -0.1) is 0 Å². The van der Waals surface area contributed by atoms with Crippen molar-refractivity contribution < 1.29 is 49.6 Å². The van der Waals surface area contributed by atoms with Crippen LogP contribution in [0.1, 0.15) is 204 Å². The lowest BCUT2D eigenvalue weighted by molar-refractivity contribution is -0.303. The summed E-state index contributed by atoms with van der Waals surface area (Å²) in [5.41, 5.74) is 1.29. The Kier molecular flexibility index (Phi) is 30.2. The molecule has 0 aliphatic carbocycles. The number of nitrogens with one attached hydrogen (secondary N) is 1. The van der Waals surface area contributed by atoms with Crippen LogP contribution in [0.5, 0.6) is 5.75 Å². The summed E-state index contributed by atoms with van der Waals surface area (Å²) in [4.78, 5) is 13.2. The number of hydrogen-bond acceptors (Lipinski definition) is 11. The summed E-state index contributed by atoms with van der Waals surface area (Å²) in [5, 5.41) is 70.5. The number of unbranched alkanes of at least 4 members (excludes halogenated alkanes) is 24. The van der Waals surface area contributed by atoms with E-state index >= 15 is 0 Å². The molecule has 13 heteroatoms. The van der Waals surface area contributed by atoms with Gasteiger partial charge in [0.1, 0.15) is 42.4 Å². The number of benzene rings is 1. The quantitative estimate of drug-likeness (QED) is 0.0318. The van der Waals surface area contributed by atoms with Gasteiger partial charge in [0.2, 0.25) is 5.91 Å². The molecule has 1 aliphatic heterocycles. The third-order valence-corrected chi connectivity index (χ3v) is 12.7. The summed E-state index contributed by atoms with van der Waals surface area (Å²) in [6.07, 6.45) is 25.7. The number of ether oxygens (including phenoxy) is 3. The van der Waals surface area contributed by atoms with Gasteiger partial charge < -0.3 is 50.2 Å². The number of amides is 1. The van der Waals surface area contributed by atoms with Crippen LogP contribution in [0.4, 0.5) is 0 Å². The first-order valence-corrected chi connectivity index (χ1v) is 25.5. The zero-order valence-corrected chi connectivity index (χ0v) is 39.7. The number of nitrogens with zero attached hydrogens (tertiary/aromatic N) is 2. The molecule has 0 spiro atoms. The summed E-state index contributed by atoms with van der Waals surface area (Å²) in [6.45, 7) is 4.47. The molecule has 0 saturated carbocycles. The van der Waals surface area contributed by atoms with Gasteiger partial charge in [0, 0.05) is 18.2 Å². The highest BCUT2D eigenvalue weighted by Crippen LogP contribution is 2.25. The molecule has 1 saturated heterocycles. The average Bonchev–Trinajstić information content (AvgIpc) is 3.77. The van der Waals surface area contributed by atoms with Crippen LogP contribution >= 0.6 is 0 Å². The number of hydrogen-bond donors (Lipinski definition) is 7. The topological polar surface area (TPSA) is 196 Å². The number of aromatic nitrogens is 2. The van der Waals surface area contributed by atoms with Crippen LogP contribution in [-0.4, -0.2) is 109 Å². The van der Waals surface area contributed by atoms with Crippen LogP contribution in [-0.2, 0) is 20.8 Å². The fourth-order valence-corrected chi connectivity index (χ4v) is 8.44. The predicted molar refractivity (Wildman–Crippen MR) is 252 cm³/mol. The first kappa shape index (κ1) is 55.7. The Labute approximate surface area is 385 Å². The van der Waals surface area contributed by atoms with Gasteiger partial charge in [-0.2, -0.15) is 5.10 Å². The normalized spacial score (nSPS) is 20.3. The van der Waals surface area contributed by atoms with E-state index in [4.69, 9.17) is 14.2 Å². The Morgan fingerprint density at radius 3 is 1.72 bits per heavy atom. The van der Waals surface area contributed by atoms with E-state index in [-0.39, 0.29) is 12.3 Å². The van der Waals surface area contributed by atoms with E-state index in [2.05, 4.69) is 24.3 Å². The highest BCUT2D eigenvalue weighted by molar-refractivity contribution is 5.76. The molecule has 13 nitrogen and oxygen atoms in total. The second-order valence-corrected chi connectivity index (χ2v) is 18.3. The smallest absolute Gasteiger partial charge is 0.220 e. The highest BCUT2D eigenvalue weighted by atomic mass is 16.7. The molecule has 2 aromatic rings. The largest absolute Gasteiger partial charge is 0.494 e. The molecule has 0 radical (unpaired) electrons. The minimum absolute atomic E-state index is 0.221. The molecular weight excluding hydrogens is 815 g/mol. The minimum Gasteiger partial charge on any atom is -0.494 e. The first-order valence-electron chi connectivity index (χ1n) is 25.5. The van der Waals surface area contributed by atoms with Crippen molar-refractivity contribution in [2.75, 3.05) is 19.8 Å². The summed E-state index contributed by atoms with van der Waals surface area (Å²) in [6, 6.07) is 6.58. The van der Waals surface area contributed by atoms with Crippen molar-refractivity contribution in [1.29, 1.82) is 0 Å². The molecule has 1 fully saturated rings. The second kappa shape index (κ2) is 34.7. The Morgan fingerprint density at radius 2 is 1.20 bits per heavy atom. The van der Waals surface area contributed by atoms with E-state index in [0.717, 1.165) is 49.8 Å². The zero-order chi connectivity index (χ0) is 46.2. The van der Waals surface area contributed by atoms with Gasteiger partial charge in [0.25, 0.3) is 0 Å². The molecule has 3 rings (SSSR count). The monoisotopic (exact) mass is 904 g/mol. The van der Waals surface area contributed by atoms with Crippen molar-refractivity contribution in [2.24, 2.45) is 0 Å². The van der Waals surface area contributed by atoms with E-state index in [1.54, 1.807) is 10.9 Å². The lowest BCUT2D eigenvalue weighted by Crippen LogP contribution is -2.60. The first-order chi connectivity index (χ1) is 31.2. The van der Waals surface area contributed by atoms with Crippen molar-refractivity contribution in [1.82, 2.24) is 15.1 Å². The zero-order valence-electron chi connectivity index (χ0n) is 39.7. The molecule has 8 atom stereocenters. The molecular formula is C51H89N3O10. The van der Waals surface area contributed by atoms with Crippen LogP contribution < -0.4 is 10.1 Å². The Balaban J connectivity index is 1.35. The highest BCUT2D eigenvalue weighted by Gasteiger charge is 2.44. The van der Waals surface area contributed by atoms with E-state index in [9.17, 15) is 35.4 Å². The predicted octanol–water partition coefficient (Wildman–Crippen LogP) is 8.58. The fraction of sp³-hybridized carbons (Fsp3) is 0.804. The van der Waals surface area contributed by atoms with E-state index in [1.165, 1.54) is 128 Å². The molecule has 0 unspecified atom stereocenters. The third kappa shape index (κ3) is 22.7. The summed E-state index contributed by atoms with van der Waals surface area (Å²) < 4.78 is 18.7. The Bertz CT molecular complexity index is 1430. The van der Waals surface area contributed by atoms with Crippen molar-refractivity contribution in [3.8, 4) is 5.75 Å². The van der Waals surface area contributed by atoms with Crippen LogP contribution in [0, 0.1) is 0 Å². The van der Waals surface area contributed by atoms with Gasteiger partial charge in [-0.05, 0) is 30.5 Å². The molecule has 7 N–H and O–H groups in total. The van der Waals surface area contributed by atoms with Crippen molar-refractivity contribution in [3.05, 3.63) is 47.8 Å². The summed E-state index contributed by atoms with van der Waals surface area (Å²) >= 11 is 0. The molecule has 64 heavy (non-hydrogen) atoms. The Morgan fingerprint density at radius 1 is 0.703 bits per heavy atom. The minimum atomic E-state index is -1.66. The number of rotatable bonds is 39. The molecule has 2 heterocycles. The molecule has 0 bridgehead atoms. The van der Waals surface area contributed by atoms with Gasteiger partial charge in [0.05, 0.1) is 38.6 Å². The SMILES string of the molecule is CCCCCCCCCCCCCCCCCCCCCCCCCC(=O)N[C@@H](CO[C@H]1O[C@H](CO)[C@H](O)[C@H](O)[C@H]1O)[C@H](O)[C@H](O)c1cnn(Cc2ccc(OCCCCC)cc2)c1. The number of aliphatic hydroxyl groups excluding tert-OH is 6. The molecule has 368 valence electrons. The van der Waals surface area contributed by atoms with Gasteiger partial charge in [-0.25, -0.2) is 0 Å². The van der Waals surface area contributed by atoms with Crippen LogP contribution in [0.3, 0.4) is 0 Å². The third-order valence-electron chi connectivity index (χ3n) is 12.7. The lowest BCUT2D eigenvalue weighted by Gasteiger charge is -2.40. The van der Waals surface area contributed by atoms with Gasteiger partial charge in [-0.3, -0.25) is 9.48 Å². The summed E-state index contributed by atoms with van der Waals surface area (Å²) in [7, 11) is 0. The number of carbonyl (C=O) groups is 1. The van der Waals surface area contributed by atoms with Crippen molar-refractivity contribution in [2.45, 2.75) is 243 Å². The molecule has 1 amide bonds.